The predicted molar refractivity (Wildman–Crippen MR) is 102 cm³/mol. The van der Waals surface area contributed by atoms with Crippen LogP contribution in [0.25, 0.3) is 10.9 Å². The Kier molecular flexibility index (Phi) is 5.50. The molecule has 2 aromatic carbocycles. The van der Waals surface area contributed by atoms with E-state index in [9.17, 15) is 8.42 Å². The van der Waals surface area contributed by atoms with E-state index in [0.717, 1.165) is 23.9 Å². The summed E-state index contributed by atoms with van der Waals surface area (Å²) >= 11 is 5.95. The van der Waals surface area contributed by atoms with E-state index >= 15 is 0 Å². The maximum atomic E-state index is 12.7. The molecule has 0 aliphatic rings. The maximum absolute atomic E-state index is 12.7. The van der Waals surface area contributed by atoms with Crippen LogP contribution in [0.5, 0.6) is 5.75 Å². The molecule has 0 saturated carbocycles. The van der Waals surface area contributed by atoms with Crippen molar-refractivity contribution < 1.29 is 13.2 Å². The van der Waals surface area contributed by atoms with E-state index in [0.29, 0.717) is 10.7 Å². The van der Waals surface area contributed by atoms with Gasteiger partial charge in [-0.2, -0.15) is 5.10 Å². The van der Waals surface area contributed by atoms with E-state index in [2.05, 4.69) is 16.7 Å². The lowest BCUT2D eigenvalue weighted by atomic mass is 10.2. The first-order valence-corrected chi connectivity index (χ1v) is 10.1. The lowest BCUT2D eigenvalue weighted by Crippen LogP contribution is -2.24. The third-order valence-electron chi connectivity index (χ3n) is 4.01. The van der Waals surface area contributed by atoms with Gasteiger partial charge in [0, 0.05) is 17.0 Å². The molecule has 1 N–H and O–H groups in total. The second kappa shape index (κ2) is 7.65. The minimum atomic E-state index is -3.80. The summed E-state index contributed by atoms with van der Waals surface area (Å²) < 4.78 is 35.1. The van der Waals surface area contributed by atoms with Crippen molar-refractivity contribution in [1.29, 1.82) is 0 Å². The van der Waals surface area contributed by atoms with Crippen LogP contribution in [-0.4, -0.2) is 25.3 Å². The number of methoxy groups -OCH3 is 1. The number of para-hydroxylation sites is 1. The molecule has 3 rings (SSSR count). The second-order valence-electron chi connectivity index (χ2n) is 5.81. The number of hydrogen-bond donors (Lipinski definition) is 1. The Labute approximate surface area is 157 Å². The largest absolute Gasteiger partial charge is 0.495 e. The van der Waals surface area contributed by atoms with Crippen LogP contribution in [0.15, 0.2) is 47.4 Å². The molecule has 1 aromatic heterocycles. The van der Waals surface area contributed by atoms with Gasteiger partial charge in [-0.05, 0) is 30.7 Å². The Hall–Kier alpha value is -2.09. The van der Waals surface area contributed by atoms with Gasteiger partial charge in [0.1, 0.15) is 10.6 Å². The summed E-state index contributed by atoms with van der Waals surface area (Å²) in [4.78, 5) is 0.00444. The first kappa shape index (κ1) is 18.7. The Morgan fingerprint density at radius 1 is 1.23 bits per heavy atom. The van der Waals surface area contributed by atoms with Crippen molar-refractivity contribution in [3.8, 4) is 5.75 Å². The molecule has 0 aliphatic heterocycles. The van der Waals surface area contributed by atoms with Crippen molar-refractivity contribution in [2.45, 2.75) is 31.3 Å². The van der Waals surface area contributed by atoms with Crippen molar-refractivity contribution >= 4 is 32.5 Å². The van der Waals surface area contributed by atoms with E-state index in [1.807, 2.05) is 28.9 Å². The molecule has 0 bridgehead atoms. The average molecular weight is 394 g/mol. The zero-order valence-electron chi connectivity index (χ0n) is 14.6. The first-order valence-electron chi connectivity index (χ1n) is 8.24. The maximum Gasteiger partial charge on any atom is 0.244 e. The molecule has 0 spiro atoms. The van der Waals surface area contributed by atoms with Crippen LogP contribution in [0.4, 0.5) is 0 Å². The van der Waals surface area contributed by atoms with Crippen molar-refractivity contribution in [1.82, 2.24) is 14.5 Å². The van der Waals surface area contributed by atoms with Gasteiger partial charge in [0.2, 0.25) is 10.0 Å². The molecule has 138 valence electrons. The van der Waals surface area contributed by atoms with Crippen LogP contribution in [-0.2, 0) is 23.1 Å². The molecular weight excluding hydrogens is 374 g/mol. The summed E-state index contributed by atoms with van der Waals surface area (Å²) in [7, 11) is -2.39. The topological polar surface area (TPSA) is 73.2 Å². The van der Waals surface area contributed by atoms with Crippen LogP contribution >= 0.6 is 11.6 Å². The quantitative estimate of drug-likeness (QED) is 0.665. The van der Waals surface area contributed by atoms with E-state index in [4.69, 9.17) is 16.3 Å². The number of hydrogen-bond acceptors (Lipinski definition) is 4. The zero-order chi connectivity index (χ0) is 18.7. The second-order valence-corrected chi connectivity index (χ2v) is 7.98. The molecule has 0 radical (unpaired) electrons. The Morgan fingerprint density at radius 3 is 2.73 bits per heavy atom. The van der Waals surface area contributed by atoms with Crippen LogP contribution < -0.4 is 9.46 Å². The fourth-order valence-electron chi connectivity index (χ4n) is 2.81. The summed E-state index contributed by atoms with van der Waals surface area (Å²) in [5.41, 5.74) is 1.67. The minimum Gasteiger partial charge on any atom is -0.495 e. The summed E-state index contributed by atoms with van der Waals surface area (Å²) in [6.45, 7) is 2.93. The van der Waals surface area contributed by atoms with Crippen molar-refractivity contribution in [3.05, 3.63) is 53.2 Å². The fraction of sp³-hybridized carbons (Fsp3) is 0.278. The SMILES string of the molecule is CCCn1nc(CNS(=O)(=O)c2cc(Cl)ccc2OC)c2ccccc21. The molecular formula is C18H20ClN3O3S. The molecule has 0 amide bonds. The van der Waals surface area contributed by atoms with E-state index in [-0.39, 0.29) is 17.2 Å². The lowest BCUT2D eigenvalue weighted by Gasteiger charge is -2.10. The average Bonchev–Trinajstić information content (AvgIpc) is 2.98. The highest BCUT2D eigenvalue weighted by atomic mass is 35.5. The predicted octanol–water partition coefficient (Wildman–Crippen LogP) is 3.59. The third kappa shape index (κ3) is 3.70. The fourth-order valence-corrected chi connectivity index (χ4v) is 4.23. The highest BCUT2D eigenvalue weighted by molar-refractivity contribution is 7.89. The monoisotopic (exact) mass is 393 g/mol. The van der Waals surface area contributed by atoms with Gasteiger partial charge in [0.25, 0.3) is 0 Å². The molecule has 1 heterocycles. The summed E-state index contributed by atoms with van der Waals surface area (Å²) in [6, 6.07) is 12.3. The number of nitrogens with zero attached hydrogens (tertiary/aromatic N) is 2. The molecule has 0 atom stereocenters. The number of nitrogens with one attached hydrogen (secondary N) is 1. The molecule has 26 heavy (non-hydrogen) atoms. The van der Waals surface area contributed by atoms with Gasteiger partial charge in [-0.3, -0.25) is 4.68 Å². The highest BCUT2D eigenvalue weighted by Crippen LogP contribution is 2.27. The smallest absolute Gasteiger partial charge is 0.244 e. The normalized spacial score (nSPS) is 11.8. The number of sulfonamides is 1. The summed E-state index contributed by atoms with van der Waals surface area (Å²) in [5.74, 6) is 0.239. The van der Waals surface area contributed by atoms with Crippen molar-refractivity contribution in [2.75, 3.05) is 7.11 Å². The van der Waals surface area contributed by atoms with Crippen molar-refractivity contribution in [3.63, 3.8) is 0 Å². The van der Waals surface area contributed by atoms with Gasteiger partial charge in [0.05, 0.1) is 24.9 Å². The summed E-state index contributed by atoms with van der Waals surface area (Å²) in [5, 5.41) is 5.82. The van der Waals surface area contributed by atoms with Crippen molar-refractivity contribution in [2.24, 2.45) is 0 Å². The van der Waals surface area contributed by atoms with Gasteiger partial charge in [-0.15, -0.1) is 0 Å². The van der Waals surface area contributed by atoms with Crippen LogP contribution in [0, 0.1) is 0 Å². The standard InChI is InChI=1S/C18H20ClN3O3S/c1-3-10-22-16-7-5-4-6-14(16)15(21-22)12-20-26(23,24)18-11-13(19)8-9-17(18)25-2/h4-9,11,20H,3,10,12H2,1-2H3. The molecule has 6 nitrogen and oxygen atoms in total. The molecule has 8 heteroatoms. The van der Waals surface area contributed by atoms with Gasteiger partial charge in [-0.1, -0.05) is 36.7 Å². The molecule has 3 aromatic rings. The van der Waals surface area contributed by atoms with Gasteiger partial charge >= 0.3 is 0 Å². The number of halogens is 1. The Bertz CT molecular complexity index is 1030. The number of ether oxygens (including phenoxy) is 1. The van der Waals surface area contributed by atoms with Crippen LogP contribution in [0.2, 0.25) is 5.02 Å². The number of aromatic nitrogens is 2. The Morgan fingerprint density at radius 2 is 2.00 bits per heavy atom. The number of fused-ring (bicyclic) bond motifs is 1. The van der Waals surface area contributed by atoms with Gasteiger partial charge in [-0.25, -0.2) is 13.1 Å². The van der Waals surface area contributed by atoms with Gasteiger partial charge in [0.15, 0.2) is 0 Å². The number of aryl methyl sites for hydroxylation is 1. The number of benzene rings is 2. The van der Waals surface area contributed by atoms with Crippen LogP contribution in [0.3, 0.4) is 0 Å². The molecule has 0 aliphatic carbocycles. The number of rotatable bonds is 7. The van der Waals surface area contributed by atoms with E-state index in [1.54, 1.807) is 6.07 Å². The summed E-state index contributed by atoms with van der Waals surface area (Å²) in [6.07, 6.45) is 0.941. The molecule has 0 fully saturated rings. The third-order valence-corrected chi connectivity index (χ3v) is 5.67. The minimum absolute atomic E-state index is 0.00444. The van der Waals surface area contributed by atoms with Crippen LogP contribution in [0.1, 0.15) is 19.0 Å². The zero-order valence-corrected chi connectivity index (χ0v) is 16.1. The molecule has 0 saturated heterocycles. The lowest BCUT2D eigenvalue weighted by molar-refractivity contribution is 0.402. The van der Waals surface area contributed by atoms with E-state index in [1.165, 1.54) is 19.2 Å². The highest BCUT2D eigenvalue weighted by Gasteiger charge is 2.21. The Balaban J connectivity index is 1.91. The van der Waals surface area contributed by atoms with Gasteiger partial charge < -0.3 is 4.74 Å². The molecule has 0 unspecified atom stereocenters. The van der Waals surface area contributed by atoms with E-state index < -0.39 is 10.0 Å². The first-order chi connectivity index (χ1) is 12.5.